The molecular weight excluding hydrogens is 378 g/mol. The van der Waals surface area contributed by atoms with Gasteiger partial charge >= 0.3 is 5.97 Å². The lowest BCUT2D eigenvalue weighted by molar-refractivity contribution is -0.131. The number of nitrogens with zero attached hydrogens (tertiary/aromatic N) is 1. The van der Waals surface area contributed by atoms with Crippen LogP contribution in [0.3, 0.4) is 0 Å². The van der Waals surface area contributed by atoms with Gasteiger partial charge in [-0.2, -0.15) is 0 Å². The van der Waals surface area contributed by atoms with Gasteiger partial charge in [-0.1, -0.05) is 48.5 Å². The molecule has 0 aliphatic carbocycles. The van der Waals surface area contributed by atoms with Crippen molar-refractivity contribution in [3.8, 4) is 0 Å². The van der Waals surface area contributed by atoms with Gasteiger partial charge in [-0.15, -0.1) is 0 Å². The molecule has 0 unspecified atom stereocenters. The first kappa shape index (κ1) is 19.9. The number of carbonyl (C=O) groups excluding carboxylic acids is 1. The van der Waals surface area contributed by atoms with Gasteiger partial charge in [0.25, 0.3) is 0 Å². The number of ether oxygens (including phenoxy) is 1. The molecule has 0 radical (unpaired) electrons. The summed E-state index contributed by atoms with van der Waals surface area (Å²) in [5.74, 6) is -0.955. The fraction of sp³-hybridized carbons (Fsp3) is 0.200. The summed E-state index contributed by atoms with van der Waals surface area (Å²) in [5.41, 5.74) is 3.36. The molecular formula is C25H23NO4. The molecule has 0 spiro atoms. The summed E-state index contributed by atoms with van der Waals surface area (Å²) in [5, 5.41) is 10.8. The maximum atomic E-state index is 13.3. The van der Waals surface area contributed by atoms with Gasteiger partial charge in [-0.3, -0.25) is 4.79 Å². The third-order valence-corrected chi connectivity index (χ3v) is 5.26. The van der Waals surface area contributed by atoms with E-state index >= 15 is 0 Å². The highest BCUT2D eigenvalue weighted by atomic mass is 16.5. The van der Waals surface area contributed by atoms with Crippen LogP contribution >= 0.6 is 0 Å². The minimum atomic E-state index is -0.997. The molecule has 1 aliphatic heterocycles. The van der Waals surface area contributed by atoms with Crippen LogP contribution in [0.5, 0.6) is 0 Å². The van der Waals surface area contributed by atoms with E-state index in [1.165, 1.54) is 6.08 Å². The number of carboxylic acid groups (broad SMARTS) is 1. The Hall–Kier alpha value is -3.44. The Balaban J connectivity index is 1.65. The number of hydrogen-bond donors (Lipinski definition) is 1. The highest BCUT2D eigenvalue weighted by Gasteiger charge is 2.17. The normalized spacial score (nSPS) is 14.3. The molecule has 4 rings (SSSR count). The predicted octanol–water partition coefficient (Wildman–Crippen LogP) is 4.20. The number of morpholine rings is 1. The molecule has 30 heavy (non-hydrogen) atoms. The molecule has 0 aromatic heterocycles. The lowest BCUT2D eigenvalue weighted by atomic mass is 9.95. The van der Waals surface area contributed by atoms with Crippen molar-refractivity contribution in [1.29, 1.82) is 0 Å². The summed E-state index contributed by atoms with van der Waals surface area (Å²) in [7, 11) is 0. The van der Waals surface area contributed by atoms with Gasteiger partial charge in [0.05, 0.1) is 13.2 Å². The van der Waals surface area contributed by atoms with Crippen molar-refractivity contribution in [2.45, 2.75) is 6.42 Å². The Morgan fingerprint density at radius 2 is 1.80 bits per heavy atom. The number of carboxylic acids is 1. The number of rotatable bonds is 6. The topological polar surface area (TPSA) is 66.8 Å². The number of ketones is 1. The molecule has 0 bridgehead atoms. The lowest BCUT2D eigenvalue weighted by Crippen LogP contribution is -2.36. The van der Waals surface area contributed by atoms with Crippen LogP contribution in [0.2, 0.25) is 0 Å². The Morgan fingerprint density at radius 1 is 1.00 bits per heavy atom. The number of benzene rings is 3. The number of hydrogen-bond acceptors (Lipinski definition) is 4. The van der Waals surface area contributed by atoms with E-state index in [9.17, 15) is 9.59 Å². The van der Waals surface area contributed by atoms with Gasteiger partial charge in [-0.05, 0) is 40.1 Å². The second-order valence-electron chi connectivity index (χ2n) is 7.33. The first-order chi connectivity index (χ1) is 14.6. The quantitative estimate of drug-likeness (QED) is 0.495. The summed E-state index contributed by atoms with van der Waals surface area (Å²) in [4.78, 5) is 26.3. The fourth-order valence-electron chi connectivity index (χ4n) is 3.78. The molecule has 1 saturated heterocycles. The molecule has 0 saturated carbocycles. The fourth-order valence-corrected chi connectivity index (χ4v) is 3.78. The van der Waals surface area contributed by atoms with Crippen molar-refractivity contribution in [1.82, 2.24) is 0 Å². The zero-order valence-electron chi connectivity index (χ0n) is 16.6. The van der Waals surface area contributed by atoms with Crippen molar-refractivity contribution in [3.05, 3.63) is 83.4 Å². The smallest absolute Gasteiger partial charge is 0.328 e. The first-order valence-corrected chi connectivity index (χ1v) is 9.99. The van der Waals surface area contributed by atoms with E-state index in [1.54, 1.807) is 0 Å². The Kier molecular flexibility index (Phi) is 5.91. The molecule has 0 amide bonds. The van der Waals surface area contributed by atoms with E-state index in [1.807, 2.05) is 54.6 Å². The van der Waals surface area contributed by atoms with Crippen LogP contribution in [0.15, 0.2) is 66.7 Å². The number of Topliss-reactive ketones (excluding diaryl/α,β-unsaturated/α-hetero) is 1. The zero-order chi connectivity index (χ0) is 20.9. The Labute approximate surface area is 175 Å². The minimum absolute atomic E-state index is 0.0423. The predicted molar refractivity (Wildman–Crippen MR) is 118 cm³/mol. The molecule has 1 aliphatic rings. The average Bonchev–Trinajstić information content (AvgIpc) is 2.77. The van der Waals surface area contributed by atoms with Gasteiger partial charge in [0, 0.05) is 36.8 Å². The number of carbonyl (C=O) groups is 2. The molecule has 1 N–H and O–H groups in total. The van der Waals surface area contributed by atoms with Gasteiger partial charge in [-0.25, -0.2) is 4.79 Å². The molecule has 152 valence electrons. The van der Waals surface area contributed by atoms with Crippen molar-refractivity contribution < 1.29 is 19.4 Å². The van der Waals surface area contributed by atoms with E-state index in [0.717, 1.165) is 46.8 Å². The molecule has 5 nitrogen and oxygen atoms in total. The second kappa shape index (κ2) is 8.93. The summed E-state index contributed by atoms with van der Waals surface area (Å²) < 4.78 is 5.46. The summed E-state index contributed by atoms with van der Waals surface area (Å²) in [6, 6.07) is 19.5. The van der Waals surface area contributed by atoms with Crippen LogP contribution in [0.1, 0.15) is 21.5 Å². The minimum Gasteiger partial charge on any atom is -0.478 e. The Bertz CT molecular complexity index is 1110. The van der Waals surface area contributed by atoms with E-state index < -0.39 is 5.97 Å². The van der Waals surface area contributed by atoms with E-state index in [4.69, 9.17) is 9.84 Å². The lowest BCUT2D eigenvalue weighted by Gasteiger charge is -2.29. The molecule has 1 heterocycles. The molecule has 1 fully saturated rings. The van der Waals surface area contributed by atoms with Gasteiger partial charge in [0.1, 0.15) is 0 Å². The van der Waals surface area contributed by atoms with Crippen molar-refractivity contribution in [2.24, 2.45) is 0 Å². The summed E-state index contributed by atoms with van der Waals surface area (Å²) >= 11 is 0. The van der Waals surface area contributed by atoms with Crippen LogP contribution in [0.4, 0.5) is 5.69 Å². The molecule has 3 aromatic carbocycles. The maximum Gasteiger partial charge on any atom is 0.328 e. The molecule has 5 heteroatoms. The largest absolute Gasteiger partial charge is 0.478 e. The third kappa shape index (κ3) is 4.58. The van der Waals surface area contributed by atoms with Crippen LogP contribution in [0.25, 0.3) is 16.8 Å². The number of aliphatic carboxylic acids is 1. The van der Waals surface area contributed by atoms with Crippen LogP contribution < -0.4 is 4.90 Å². The number of fused-ring (bicyclic) bond motifs is 1. The first-order valence-electron chi connectivity index (χ1n) is 9.99. The van der Waals surface area contributed by atoms with Gasteiger partial charge in [0.15, 0.2) is 5.78 Å². The van der Waals surface area contributed by atoms with Crippen LogP contribution in [-0.4, -0.2) is 43.2 Å². The molecule has 3 aromatic rings. The van der Waals surface area contributed by atoms with Crippen molar-refractivity contribution >= 4 is 34.3 Å². The third-order valence-electron chi connectivity index (χ3n) is 5.26. The SMILES string of the molecule is O=C(O)/C=C/c1cccc(CC(=O)c2cc(N3CCOCC3)cc3ccccc23)c1. The van der Waals surface area contributed by atoms with Crippen molar-refractivity contribution in [3.63, 3.8) is 0 Å². The van der Waals surface area contributed by atoms with Crippen LogP contribution in [0, 0.1) is 0 Å². The summed E-state index contributed by atoms with van der Waals surface area (Å²) in [6.45, 7) is 2.99. The maximum absolute atomic E-state index is 13.3. The highest BCUT2D eigenvalue weighted by Crippen LogP contribution is 2.28. The van der Waals surface area contributed by atoms with E-state index in [0.29, 0.717) is 18.8 Å². The van der Waals surface area contributed by atoms with E-state index in [-0.39, 0.29) is 12.2 Å². The van der Waals surface area contributed by atoms with Crippen LogP contribution in [-0.2, 0) is 16.0 Å². The Morgan fingerprint density at radius 3 is 2.60 bits per heavy atom. The highest BCUT2D eigenvalue weighted by molar-refractivity contribution is 6.10. The number of anilines is 1. The zero-order valence-corrected chi connectivity index (χ0v) is 16.6. The summed E-state index contributed by atoms with van der Waals surface area (Å²) in [6.07, 6.45) is 2.89. The standard InChI is InChI=1S/C25H23NO4/c27-24(15-19-5-3-4-18(14-19)8-9-25(28)29)23-17-21(26-10-12-30-13-11-26)16-20-6-1-2-7-22(20)23/h1-9,14,16-17H,10-13,15H2,(H,28,29)/b9-8+. The second-order valence-corrected chi connectivity index (χ2v) is 7.33. The van der Waals surface area contributed by atoms with Gasteiger partial charge < -0.3 is 14.7 Å². The average molecular weight is 401 g/mol. The molecule has 0 atom stereocenters. The van der Waals surface area contributed by atoms with Crippen molar-refractivity contribution in [2.75, 3.05) is 31.2 Å². The van der Waals surface area contributed by atoms with E-state index in [2.05, 4.69) is 11.0 Å². The van der Waals surface area contributed by atoms with Gasteiger partial charge in [0.2, 0.25) is 0 Å². The monoisotopic (exact) mass is 401 g/mol.